The number of carbonyl (C=O) groups excluding carboxylic acids is 1. The van der Waals surface area contributed by atoms with Gasteiger partial charge in [-0.3, -0.25) is 4.79 Å². The summed E-state index contributed by atoms with van der Waals surface area (Å²) in [5, 5.41) is 43.9. The van der Waals surface area contributed by atoms with Crippen molar-refractivity contribution in [3.63, 3.8) is 0 Å². The van der Waals surface area contributed by atoms with Gasteiger partial charge < -0.3 is 25.2 Å². The second kappa shape index (κ2) is 7.18. The Kier molecular flexibility index (Phi) is 5.33. The van der Waals surface area contributed by atoms with Crippen molar-refractivity contribution in [3.05, 3.63) is 0 Å². The van der Waals surface area contributed by atoms with Crippen molar-refractivity contribution >= 4 is 5.97 Å². The molecule has 4 aliphatic rings. The van der Waals surface area contributed by atoms with Crippen LogP contribution in [0.5, 0.6) is 0 Å². The molecule has 6 nitrogen and oxygen atoms in total. The molecule has 4 rings (SSSR count). The molecule has 10 atom stereocenters. The van der Waals surface area contributed by atoms with E-state index in [9.17, 15) is 25.2 Å². The van der Waals surface area contributed by atoms with Crippen LogP contribution in [0.4, 0.5) is 0 Å². The van der Waals surface area contributed by atoms with Crippen LogP contribution in [-0.2, 0) is 9.53 Å². The molecule has 0 saturated heterocycles. The molecular weight excluding hydrogens is 372 g/mol. The maximum absolute atomic E-state index is 11.6. The lowest BCUT2D eigenvalue weighted by Crippen LogP contribution is -2.64. The van der Waals surface area contributed by atoms with Gasteiger partial charge in [-0.25, -0.2) is 0 Å². The van der Waals surface area contributed by atoms with Gasteiger partial charge in [0.15, 0.2) is 0 Å². The third-order valence-electron chi connectivity index (χ3n) is 9.78. The zero-order valence-electron chi connectivity index (χ0n) is 18.0. The van der Waals surface area contributed by atoms with Crippen LogP contribution in [0.2, 0.25) is 0 Å². The number of rotatable bonds is 3. The Morgan fingerprint density at radius 3 is 2.55 bits per heavy atom. The lowest BCUT2D eigenvalue weighted by atomic mass is 9.43. The van der Waals surface area contributed by atoms with Crippen molar-refractivity contribution in [3.8, 4) is 0 Å². The Balaban J connectivity index is 1.61. The number of fused-ring (bicyclic) bond motifs is 5. The molecule has 0 aromatic carbocycles. The fraction of sp³-hybridized carbons (Fsp3) is 0.957. The van der Waals surface area contributed by atoms with Crippen molar-refractivity contribution in [2.24, 2.45) is 34.5 Å². The van der Waals surface area contributed by atoms with Crippen molar-refractivity contribution in [1.82, 2.24) is 0 Å². The van der Waals surface area contributed by atoms with Gasteiger partial charge in [-0.05, 0) is 80.5 Å². The Hall–Kier alpha value is -0.690. The molecule has 4 saturated carbocycles. The minimum absolute atomic E-state index is 0.0277. The molecular formula is C23H38O6. The molecule has 4 aliphatic carbocycles. The smallest absolute Gasteiger partial charge is 0.302 e. The van der Waals surface area contributed by atoms with Gasteiger partial charge in [-0.2, -0.15) is 0 Å². The van der Waals surface area contributed by atoms with Gasteiger partial charge in [0, 0.05) is 12.3 Å². The SMILES string of the molecule is CC(=O)OCC(O)C1(O)CCC2C3CCC4CC(O)CCC4(C)C3C(O)CC21C. The number of hydrogen-bond donors (Lipinski definition) is 4. The third kappa shape index (κ3) is 3.08. The number of esters is 1. The van der Waals surface area contributed by atoms with E-state index in [2.05, 4.69) is 6.92 Å². The standard InChI is InChI=1S/C23H38O6/c1-13(24)29-12-19(27)23(28)9-7-17-16-5-4-14-10-15(25)6-8-21(14,2)20(16)18(26)11-22(17,23)3/h14-20,25-28H,4-12H2,1-3H3. The summed E-state index contributed by atoms with van der Waals surface area (Å²) < 4.78 is 5.00. The molecule has 166 valence electrons. The van der Waals surface area contributed by atoms with Gasteiger partial charge >= 0.3 is 5.97 Å². The quantitative estimate of drug-likeness (QED) is 0.530. The summed E-state index contributed by atoms with van der Waals surface area (Å²) in [7, 11) is 0. The van der Waals surface area contributed by atoms with Gasteiger partial charge in [0.25, 0.3) is 0 Å². The average Bonchev–Trinajstić information content (AvgIpc) is 2.91. The van der Waals surface area contributed by atoms with Gasteiger partial charge in [0.1, 0.15) is 12.7 Å². The fourth-order valence-electron chi connectivity index (χ4n) is 8.28. The minimum Gasteiger partial charge on any atom is -0.463 e. The number of aliphatic hydroxyl groups is 4. The number of carbonyl (C=O) groups is 1. The third-order valence-corrected chi connectivity index (χ3v) is 9.78. The predicted molar refractivity (Wildman–Crippen MR) is 107 cm³/mol. The van der Waals surface area contributed by atoms with E-state index in [1.54, 1.807) is 0 Å². The highest BCUT2D eigenvalue weighted by molar-refractivity contribution is 5.65. The molecule has 0 amide bonds. The maximum Gasteiger partial charge on any atom is 0.302 e. The first-order chi connectivity index (χ1) is 13.5. The van der Waals surface area contributed by atoms with Crippen LogP contribution in [0.15, 0.2) is 0 Å². The van der Waals surface area contributed by atoms with Crippen LogP contribution in [-0.4, -0.2) is 56.9 Å². The average molecular weight is 411 g/mol. The van der Waals surface area contributed by atoms with E-state index in [0.717, 1.165) is 38.5 Å². The van der Waals surface area contributed by atoms with Gasteiger partial charge in [0.05, 0.1) is 17.8 Å². The van der Waals surface area contributed by atoms with E-state index >= 15 is 0 Å². The van der Waals surface area contributed by atoms with Gasteiger partial charge in [0.2, 0.25) is 0 Å². The lowest BCUT2D eigenvalue weighted by molar-refractivity contribution is -0.225. The Morgan fingerprint density at radius 2 is 1.86 bits per heavy atom. The largest absolute Gasteiger partial charge is 0.463 e. The summed E-state index contributed by atoms with van der Waals surface area (Å²) in [5.41, 5.74) is -1.94. The van der Waals surface area contributed by atoms with E-state index in [0.29, 0.717) is 24.7 Å². The molecule has 4 N–H and O–H groups in total. The van der Waals surface area contributed by atoms with E-state index in [-0.39, 0.29) is 30.0 Å². The number of aliphatic hydroxyl groups excluding tert-OH is 3. The fourth-order valence-corrected chi connectivity index (χ4v) is 8.28. The lowest BCUT2D eigenvalue weighted by Gasteiger charge is -2.63. The maximum atomic E-state index is 11.6. The van der Waals surface area contributed by atoms with E-state index in [1.165, 1.54) is 6.92 Å². The first-order valence-electron chi connectivity index (χ1n) is 11.4. The highest BCUT2D eigenvalue weighted by atomic mass is 16.5. The Labute approximate surface area is 173 Å². The van der Waals surface area contributed by atoms with Gasteiger partial charge in [-0.1, -0.05) is 13.8 Å². The Bertz CT molecular complexity index is 653. The van der Waals surface area contributed by atoms with E-state index < -0.39 is 29.2 Å². The van der Waals surface area contributed by atoms with Gasteiger partial charge in [-0.15, -0.1) is 0 Å². The van der Waals surface area contributed by atoms with Crippen molar-refractivity contribution in [2.75, 3.05) is 6.61 Å². The van der Waals surface area contributed by atoms with Crippen LogP contribution in [0.3, 0.4) is 0 Å². The molecule has 6 heteroatoms. The molecule has 0 aromatic heterocycles. The normalized spacial score (nSPS) is 52.8. The summed E-state index contributed by atoms with van der Waals surface area (Å²) in [6, 6.07) is 0. The molecule has 0 bridgehead atoms. The van der Waals surface area contributed by atoms with E-state index in [1.807, 2.05) is 6.92 Å². The molecule has 0 spiro atoms. The van der Waals surface area contributed by atoms with Crippen LogP contribution in [0, 0.1) is 34.5 Å². The predicted octanol–water partition coefficient (Wildman–Crippen LogP) is 2.02. The molecule has 29 heavy (non-hydrogen) atoms. The van der Waals surface area contributed by atoms with Crippen molar-refractivity contribution in [2.45, 2.75) is 96.1 Å². The molecule has 4 fully saturated rings. The Morgan fingerprint density at radius 1 is 1.14 bits per heavy atom. The van der Waals surface area contributed by atoms with Crippen LogP contribution in [0.25, 0.3) is 0 Å². The molecule has 0 radical (unpaired) electrons. The second-order valence-electron chi connectivity index (χ2n) is 11.0. The highest BCUT2D eigenvalue weighted by Crippen LogP contribution is 2.68. The van der Waals surface area contributed by atoms with Crippen LogP contribution < -0.4 is 0 Å². The minimum atomic E-state index is -1.36. The second-order valence-corrected chi connectivity index (χ2v) is 11.0. The molecule has 0 aliphatic heterocycles. The molecule has 10 unspecified atom stereocenters. The van der Waals surface area contributed by atoms with Crippen molar-refractivity contribution in [1.29, 1.82) is 0 Å². The monoisotopic (exact) mass is 410 g/mol. The zero-order valence-corrected chi connectivity index (χ0v) is 18.0. The first kappa shape index (κ1) is 21.5. The summed E-state index contributed by atoms with van der Waals surface area (Å²) in [6.45, 7) is 5.41. The molecule has 0 aromatic rings. The summed E-state index contributed by atoms with van der Waals surface area (Å²) in [5.74, 6) is 0.704. The van der Waals surface area contributed by atoms with Crippen LogP contribution >= 0.6 is 0 Å². The van der Waals surface area contributed by atoms with E-state index in [4.69, 9.17) is 4.74 Å². The zero-order chi connectivity index (χ0) is 21.2. The number of ether oxygens (including phenoxy) is 1. The summed E-state index contributed by atoms with van der Waals surface area (Å²) in [6.07, 6.45) is 4.48. The first-order valence-corrected chi connectivity index (χ1v) is 11.4. The summed E-state index contributed by atoms with van der Waals surface area (Å²) in [4.78, 5) is 11.2. The molecule has 0 heterocycles. The van der Waals surface area contributed by atoms with Crippen molar-refractivity contribution < 1.29 is 30.0 Å². The van der Waals surface area contributed by atoms with Crippen LogP contribution in [0.1, 0.15) is 72.1 Å². The summed E-state index contributed by atoms with van der Waals surface area (Å²) >= 11 is 0. The highest BCUT2D eigenvalue weighted by Gasteiger charge is 2.68. The topological polar surface area (TPSA) is 107 Å². The number of hydrogen-bond acceptors (Lipinski definition) is 6.